The van der Waals surface area contributed by atoms with Gasteiger partial charge >= 0.3 is 56.4 Å². The third-order valence-electron chi connectivity index (χ3n) is 21.9. The molecule has 6 aliphatic carbocycles. The molecular weight excluding hydrogens is 1760 g/mol. The lowest BCUT2D eigenvalue weighted by Gasteiger charge is -2.40. The first-order valence-electron chi connectivity index (χ1n) is 36.6. The van der Waals surface area contributed by atoms with Crippen LogP contribution in [0.5, 0.6) is 0 Å². The number of benzene rings is 5. The Kier molecular flexibility index (Phi) is 21.7. The fourth-order valence-corrected chi connectivity index (χ4v) is 18.2. The standard InChI is InChI=1S/C32H15F13N4S2.C30H15F3N6.C28H13F3N8/c1-16-22(31(48-2)49-3)12-24-26(16)27(17-4-8-20(9-5-17)50(36,37,38,39)40)25-13-23(19(14-46)15-47)30(32(33,34)35)29(25)28(24)18-6-10-21(11-7-18)51(41,42,43,44)45;1-16-18(29(36-2)37-3)12-20-24(16)25(22-8-4-6-10-38-22)21-13-19(17(14-34)15-35)28(30(31,32)33)27(21)26(20)23-9-5-7-11-39-23;1-14-16(25(34-2)35-3)10-18-20(14)22(26-36-6-4-7-37-26)19-11-17(15(12-32)13-33)24(28(29,30)31)21(19)23(18)27-38-8-5-9-39-27/h4-11H,12-13H2,1H3;4-11H,12-13H2,1H3;4-9H,10-11H2,1H3. The summed E-state index contributed by atoms with van der Waals surface area (Å²) in [6, 6.07) is 24.1. The molecule has 18 nitrogen and oxygen atoms in total. The minimum Gasteiger partial charge on any atom is -0.256 e. The summed E-state index contributed by atoms with van der Waals surface area (Å²) in [5.41, 5.74) is -5.59. The van der Waals surface area contributed by atoms with Crippen LogP contribution < -0.4 is 31.3 Å². The third-order valence-corrected chi connectivity index (χ3v) is 24.2. The minimum atomic E-state index is -10.3. The number of nitriles is 6. The van der Waals surface area contributed by atoms with E-state index in [0.717, 1.165) is 0 Å². The number of hydrogen-bond donors (Lipinski definition) is 0. The van der Waals surface area contributed by atoms with E-state index < -0.39 is 139 Å². The molecule has 0 unspecified atom stereocenters. The van der Waals surface area contributed by atoms with Crippen molar-refractivity contribution in [2.24, 2.45) is 0 Å². The van der Waals surface area contributed by atoms with Crippen molar-refractivity contribution < 1.29 is 78.4 Å². The number of nitrogens with zero attached hydrogens (tertiary/aromatic N) is 18. The lowest BCUT2D eigenvalue weighted by Crippen LogP contribution is -2.28. The normalized spacial score (nSPS) is 15.0. The van der Waals surface area contributed by atoms with Gasteiger partial charge in [-0.15, -0.1) is 0 Å². The molecule has 0 spiro atoms. The van der Waals surface area contributed by atoms with E-state index in [-0.39, 0.29) is 150 Å². The highest BCUT2D eigenvalue weighted by atomic mass is 32.5. The van der Waals surface area contributed by atoms with Crippen molar-refractivity contribution >= 4 is 53.9 Å². The number of aromatic nitrogens is 6. The van der Waals surface area contributed by atoms with Crippen LogP contribution in [-0.4, -0.2) is 48.4 Å². The molecule has 0 saturated heterocycles. The van der Waals surface area contributed by atoms with Crippen LogP contribution in [0.25, 0.3) is 130 Å². The molecule has 9 aromatic rings. The van der Waals surface area contributed by atoms with Gasteiger partial charge in [-0.3, -0.25) is 9.97 Å². The van der Waals surface area contributed by atoms with Gasteiger partial charge in [0.05, 0.1) is 44.8 Å². The molecule has 638 valence electrons. The number of fused-ring (bicyclic) bond motifs is 6. The number of hydrogen-bond acceptors (Lipinski definition) is 12. The molecule has 5 aromatic carbocycles. The Hall–Kier alpha value is -16.5. The zero-order valence-electron chi connectivity index (χ0n) is 65.5. The average Bonchev–Trinajstić information content (AvgIpc) is 1.57. The fourth-order valence-electron chi connectivity index (χ4n) is 16.9. The van der Waals surface area contributed by atoms with E-state index in [0.29, 0.717) is 79.4 Å². The molecule has 6 aliphatic rings. The molecular formula is C90H43F19N18S2. The maximum atomic E-state index is 15.1. The van der Waals surface area contributed by atoms with Gasteiger partial charge in [0, 0.05) is 89.1 Å². The van der Waals surface area contributed by atoms with Gasteiger partial charge in [-0.2, -0.15) is 100 Å². The fraction of sp³-hybridized carbons (Fsp3) is 0.133. The van der Waals surface area contributed by atoms with Crippen LogP contribution in [0.15, 0.2) is 212 Å². The van der Waals surface area contributed by atoms with Crippen LogP contribution in [0, 0.1) is 107 Å². The van der Waals surface area contributed by atoms with Crippen molar-refractivity contribution in [3.8, 4) is 104 Å². The predicted molar refractivity (Wildman–Crippen MR) is 433 cm³/mol. The summed E-state index contributed by atoms with van der Waals surface area (Å²) in [6.45, 7) is 49.6. The van der Waals surface area contributed by atoms with Crippen molar-refractivity contribution in [1.82, 2.24) is 29.9 Å². The van der Waals surface area contributed by atoms with E-state index in [1.54, 1.807) is 80.6 Å². The number of alkyl halides is 9. The molecule has 15 rings (SSSR count). The highest BCUT2D eigenvalue weighted by Gasteiger charge is 2.66. The van der Waals surface area contributed by atoms with Gasteiger partial charge in [-0.1, -0.05) is 75.3 Å². The van der Waals surface area contributed by atoms with E-state index in [1.165, 1.54) is 62.3 Å². The zero-order valence-corrected chi connectivity index (χ0v) is 67.1. The van der Waals surface area contributed by atoms with Crippen LogP contribution in [0.4, 0.5) is 78.4 Å². The highest BCUT2D eigenvalue weighted by Crippen LogP contribution is 3.03. The van der Waals surface area contributed by atoms with Crippen LogP contribution >= 0.6 is 20.4 Å². The van der Waals surface area contributed by atoms with Crippen molar-refractivity contribution in [2.45, 2.75) is 87.6 Å². The maximum Gasteiger partial charge on any atom is 0.523 e. The first kappa shape index (κ1) is 90.2. The van der Waals surface area contributed by atoms with Crippen LogP contribution in [-0.2, 0) is 38.5 Å². The van der Waals surface area contributed by atoms with E-state index >= 15 is 13.2 Å². The summed E-state index contributed by atoms with van der Waals surface area (Å²) < 4.78 is 270. The van der Waals surface area contributed by atoms with Crippen molar-refractivity contribution in [3.05, 3.63) is 335 Å². The number of pyridine rings is 2. The van der Waals surface area contributed by atoms with Crippen LogP contribution in [0.1, 0.15) is 54.2 Å². The second-order valence-corrected chi connectivity index (χ2v) is 33.6. The Morgan fingerprint density at radius 2 is 0.535 bits per heavy atom. The molecule has 4 heterocycles. The Morgan fingerprint density at radius 1 is 0.302 bits per heavy atom. The van der Waals surface area contributed by atoms with E-state index in [9.17, 15) is 96.8 Å². The Labute approximate surface area is 716 Å². The van der Waals surface area contributed by atoms with Gasteiger partial charge in [-0.05, 0) is 211 Å². The van der Waals surface area contributed by atoms with Gasteiger partial charge in [0.2, 0.25) is 0 Å². The summed E-state index contributed by atoms with van der Waals surface area (Å²) in [4.78, 5) is 40.9. The van der Waals surface area contributed by atoms with Crippen LogP contribution in [0.2, 0.25) is 0 Å². The molecule has 0 fully saturated rings. The quantitative estimate of drug-likeness (QED) is 0.0783. The average molecular weight is 1800 g/mol. The Bertz CT molecular complexity index is 7430. The lowest BCUT2D eigenvalue weighted by molar-refractivity contribution is -0.0704. The van der Waals surface area contributed by atoms with Gasteiger partial charge < -0.3 is 0 Å². The summed E-state index contributed by atoms with van der Waals surface area (Å²) in [5.74, 6) is -0.813. The summed E-state index contributed by atoms with van der Waals surface area (Å²) in [5, 5.41) is 57.0. The van der Waals surface area contributed by atoms with Crippen molar-refractivity contribution in [3.63, 3.8) is 0 Å². The van der Waals surface area contributed by atoms with Gasteiger partial charge in [0.25, 0.3) is 0 Å². The van der Waals surface area contributed by atoms with Gasteiger partial charge in [-0.25, -0.2) is 19.9 Å². The first-order chi connectivity index (χ1) is 60.5. The van der Waals surface area contributed by atoms with Gasteiger partial charge in [0.1, 0.15) is 102 Å². The largest absolute Gasteiger partial charge is 0.523 e. The van der Waals surface area contributed by atoms with Crippen molar-refractivity contribution in [2.75, 3.05) is 0 Å². The molecule has 0 N–H and O–H groups in total. The smallest absolute Gasteiger partial charge is 0.256 e. The van der Waals surface area contributed by atoms with E-state index in [2.05, 4.69) is 59.0 Å². The topological polar surface area (TPSA) is 246 Å². The molecule has 129 heavy (non-hydrogen) atoms. The molecule has 0 atom stereocenters. The number of allylic oxidation sites excluding steroid dienone is 9. The lowest BCUT2D eigenvalue weighted by atomic mass is 9.86. The maximum absolute atomic E-state index is 15.1. The second-order valence-electron chi connectivity index (χ2n) is 28.8. The zero-order chi connectivity index (χ0) is 94.2. The minimum absolute atomic E-state index is 0.00162. The Balaban J connectivity index is 0.000000167. The van der Waals surface area contributed by atoms with Gasteiger partial charge in [0.15, 0.2) is 11.6 Å². The highest BCUT2D eigenvalue weighted by molar-refractivity contribution is 8.46. The number of halogens is 19. The number of rotatable bonds is 8. The molecule has 0 bridgehead atoms. The second kappa shape index (κ2) is 31.0. The molecule has 0 saturated carbocycles. The molecule has 4 aromatic heterocycles. The summed E-state index contributed by atoms with van der Waals surface area (Å²) >= 11 is 0. The first-order valence-corrected chi connectivity index (χ1v) is 40.5. The van der Waals surface area contributed by atoms with E-state index in [1.807, 2.05) is 0 Å². The monoisotopic (exact) mass is 1800 g/mol. The molecule has 0 amide bonds. The van der Waals surface area contributed by atoms with Crippen LogP contribution in [0.3, 0.4) is 0 Å². The summed E-state index contributed by atoms with van der Waals surface area (Å²) in [7, 11) is -20.6. The van der Waals surface area contributed by atoms with Crippen molar-refractivity contribution in [1.29, 1.82) is 31.6 Å². The molecule has 39 heteroatoms. The third kappa shape index (κ3) is 15.9. The molecule has 0 aliphatic heterocycles. The van der Waals surface area contributed by atoms with E-state index in [4.69, 9.17) is 39.4 Å². The summed E-state index contributed by atoms with van der Waals surface area (Å²) in [6.07, 6.45) is -8.75. The predicted octanol–water partition coefficient (Wildman–Crippen LogP) is 20.9. The SMILES string of the molecule is [C-]#[N+]C([N+]#[C-])=C1Cc2c(-c3ccc(S(F)(F)(F)(F)F)cc3)c3c(c(-c4ccc(S(F)(F)(F)(F)F)cc4)c2=C1C)CC(=C(C#N)C#N)C=3C(F)(F)F.[C-]#[N+]C([N+]#[C-])=C1Cc2c(-c3ccccn3)c3c(c(-c4ccccn4)c2=C1C)CC(=C(C#N)C#N)C=3C(F)(F)F.[C-]#[N+]C([N+]#[C-])=C1Cc2c(-c3ncccn3)c3c(c(-c4ncccn4)c2=C1C)CC(=C(C#N)C#N)C=3C(F)(F)F. The molecule has 0 radical (unpaired) electrons. The Morgan fingerprint density at radius 3 is 0.829 bits per heavy atom.